The summed E-state index contributed by atoms with van der Waals surface area (Å²) in [4.78, 5) is 20.6. The largest absolute Gasteiger partial charge is 0.497 e. The predicted octanol–water partition coefficient (Wildman–Crippen LogP) is 3.50. The first-order chi connectivity index (χ1) is 14.9. The number of ether oxygens (including phenoxy) is 1. The van der Waals surface area contributed by atoms with Crippen LogP contribution in [0.2, 0.25) is 0 Å². The van der Waals surface area contributed by atoms with Crippen molar-refractivity contribution in [3.63, 3.8) is 0 Å². The van der Waals surface area contributed by atoms with E-state index in [2.05, 4.69) is 0 Å². The molecule has 3 aromatic rings. The standard InChI is InChI=1S/C21H25N3O4S3/c1-28-15-10-8-14(9-11-15)24-20(25)18-16-6-3-2-4-7-17(16)30-19(18)23-21(24)29-12-5-13-31(22,26)27/h8-11H,2-7,12-13H2,1H3,(H2,22,26,27). The second-order valence-corrected chi connectivity index (χ2v) is 11.4. The van der Waals surface area contributed by atoms with Gasteiger partial charge in [-0.3, -0.25) is 9.36 Å². The highest BCUT2D eigenvalue weighted by Crippen LogP contribution is 2.34. The normalized spacial score (nSPS) is 14.4. The van der Waals surface area contributed by atoms with Crippen LogP contribution in [0.15, 0.2) is 34.2 Å². The molecule has 1 aromatic carbocycles. The second kappa shape index (κ2) is 9.32. The number of hydrogen-bond donors (Lipinski definition) is 1. The molecule has 10 heteroatoms. The van der Waals surface area contributed by atoms with Crippen LogP contribution in [0.4, 0.5) is 0 Å². The van der Waals surface area contributed by atoms with E-state index >= 15 is 0 Å². The predicted molar refractivity (Wildman–Crippen MR) is 126 cm³/mol. The molecule has 0 unspecified atom stereocenters. The number of thioether (sulfide) groups is 1. The van der Waals surface area contributed by atoms with Gasteiger partial charge in [-0.05, 0) is 61.9 Å². The van der Waals surface area contributed by atoms with Crippen LogP contribution in [0.5, 0.6) is 5.75 Å². The molecule has 0 radical (unpaired) electrons. The SMILES string of the molecule is COc1ccc(-n2c(SCCCS(N)(=O)=O)nc3sc4c(c3c2=O)CCCCC4)cc1. The highest BCUT2D eigenvalue weighted by atomic mass is 32.2. The van der Waals surface area contributed by atoms with Crippen LogP contribution >= 0.6 is 23.1 Å². The Morgan fingerprint density at radius 3 is 2.65 bits per heavy atom. The molecule has 0 amide bonds. The van der Waals surface area contributed by atoms with Crippen molar-refractivity contribution in [2.45, 2.75) is 43.7 Å². The fourth-order valence-corrected chi connectivity index (χ4v) is 6.83. The van der Waals surface area contributed by atoms with E-state index in [1.165, 1.54) is 23.1 Å². The van der Waals surface area contributed by atoms with Gasteiger partial charge in [0.1, 0.15) is 10.6 Å². The molecule has 31 heavy (non-hydrogen) atoms. The van der Waals surface area contributed by atoms with Crippen molar-refractivity contribution in [1.29, 1.82) is 0 Å². The lowest BCUT2D eigenvalue weighted by molar-refractivity contribution is 0.414. The summed E-state index contributed by atoms with van der Waals surface area (Å²) in [5.74, 6) is 1.11. The fourth-order valence-electron chi connectivity index (χ4n) is 3.84. The smallest absolute Gasteiger partial charge is 0.267 e. The van der Waals surface area contributed by atoms with E-state index < -0.39 is 10.0 Å². The molecule has 2 aromatic heterocycles. The number of rotatable bonds is 7. The van der Waals surface area contributed by atoms with E-state index in [9.17, 15) is 13.2 Å². The quantitative estimate of drug-likeness (QED) is 0.241. The zero-order chi connectivity index (χ0) is 22.0. The molecule has 0 fully saturated rings. The summed E-state index contributed by atoms with van der Waals surface area (Å²) in [6.07, 6.45) is 5.71. The first kappa shape index (κ1) is 22.3. The average molecular weight is 480 g/mol. The van der Waals surface area contributed by atoms with Crippen LogP contribution in [0.1, 0.15) is 36.1 Å². The minimum Gasteiger partial charge on any atom is -0.497 e. The Morgan fingerprint density at radius 2 is 1.94 bits per heavy atom. The van der Waals surface area contributed by atoms with Crippen molar-refractivity contribution in [3.05, 3.63) is 45.1 Å². The first-order valence-electron chi connectivity index (χ1n) is 10.2. The third-order valence-corrected chi connectivity index (χ3v) is 8.41. The van der Waals surface area contributed by atoms with Crippen LogP contribution in [0, 0.1) is 0 Å². The summed E-state index contributed by atoms with van der Waals surface area (Å²) in [7, 11) is -1.91. The third kappa shape index (κ3) is 4.97. The second-order valence-electron chi connectivity index (χ2n) is 7.55. The van der Waals surface area contributed by atoms with E-state index in [0.29, 0.717) is 28.8 Å². The number of nitrogens with zero attached hydrogens (tertiary/aromatic N) is 2. The molecular formula is C21H25N3O4S3. The minimum absolute atomic E-state index is 0.0662. The third-order valence-electron chi connectivity index (χ3n) is 5.34. The number of fused-ring (bicyclic) bond motifs is 3. The van der Waals surface area contributed by atoms with E-state index in [1.807, 2.05) is 24.3 Å². The summed E-state index contributed by atoms with van der Waals surface area (Å²) in [6, 6.07) is 7.31. The topological polar surface area (TPSA) is 104 Å². The Kier molecular flexibility index (Phi) is 6.71. The van der Waals surface area contributed by atoms with E-state index in [4.69, 9.17) is 14.9 Å². The molecule has 1 aliphatic carbocycles. The van der Waals surface area contributed by atoms with Crippen LogP contribution in [-0.4, -0.2) is 36.6 Å². The monoisotopic (exact) mass is 479 g/mol. The number of primary sulfonamides is 1. The van der Waals surface area contributed by atoms with Gasteiger partial charge < -0.3 is 4.74 Å². The Hall–Kier alpha value is -1.88. The van der Waals surface area contributed by atoms with Gasteiger partial charge in [0, 0.05) is 10.6 Å². The van der Waals surface area contributed by atoms with Crippen molar-refractivity contribution >= 4 is 43.3 Å². The lowest BCUT2D eigenvalue weighted by atomic mass is 10.1. The molecular weight excluding hydrogens is 454 g/mol. The van der Waals surface area contributed by atoms with Crippen LogP contribution < -0.4 is 15.4 Å². The van der Waals surface area contributed by atoms with Gasteiger partial charge in [0.05, 0.1) is 23.9 Å². The number of aryl methyl sites for hydroxylation is 2. The molecule has 7 nitrogen and oxygen atoms in total. The molecule has 2 heterocycles. The van der Waals surface area contributed by atoms with Gasteiger partial charge in [-0.1, -0.05) is 18.2 Å². The maximum absolute atomic E-state index is 13.7. The molecule has 0 bridgehead atoms. The highest BCUT2D eigenvalue weighted by molar-refractivity contribution is 7.99. The Labute approximate surface area is 189 Å². The Morgan fingerprint density at radius 1 is 1.19 bits per heavy atom. The van der Waals surface area contributed by atoms with Crippen LogP contribution in [0.25, 0.3) is 15.9 Å². The van der Waals surface area contributed by atoms with E-state index in [1.54, 1.807) is 23.0 Å². The van der Waals surface area contributed by atoms with Gasteiger partial charge in [-0.25, -0.2) is 18.5 Å². The molecule has 0 atom stereocenters. The number of methoxy groups -OCH3 is 1. The summed E-state index contributed by atoms with van der Waals surface area (Å²) >= 11 is 3.00. The van der Waals surface area contributed by atoms with Gasteiger partial charge in [0.2, 0.25) is 10.0 Å². The number of benzene rings is 1. The maximum atomic E-state index is 13.7. The number of thiophene rings is 1. The van der Waals surface area contributed by atoms with Gasteiger partial charge in [0.15, 0.2) is 5.16 Å². The van der Waals surface area contributed by atoms with Crippen molar-refractivity contribution in [1.82, 2.24) is 9.55 Å². The zero-order valence-corrected chi connectivity index (χ0v) is 19.7. The average Bonchev–Trinajstić information content (AvgIpc) is 2.92. The maximum Gasteiger partial charge on any atom is 0.267 e. The van der Waals surface area contributed by atoms with E-state index in [-0.39, 0.29) is 11.3 Å². The van der Waals surface area contributed by atoms with Gasteiger partial charge in [-0.15, -0.1) is 11.3 Å². The number of nitrogens with two attached hydrogens (primary N) is 1. The Balaban J connectivity index is 1.80. The fraction of sp³-hybridized carbons (Fsp3) is 0.429. The molecule has 1 aliphatic rings. The molecule has 0 aliphatic heterocycles. The molecule has 166 valence electrons. The summed E-state index contributed by atoms with van der Waals surface area (Å²) in [5, 5.41) is 6.40. The lowest BCUT2D eigenvalue weighted by Gasteiger charge is -2.13. The molecule has 0 saturated carbocycles. The van der Waals surface area contributed by atoms with Gasteiger partial charge in [-0.2, -0.15) is 0 Å². The molecule has 2 N–H and O–H groups in total. The Bertz CT molecular complexity index is 1250. The van der Waals surface area contributed by atoms with Crippen LogP contribution in [-0.2, 0) is 22.9 Å². The summed E-state index contributed by atoms with van der Waals surface area (Å²) in [6.45, 7) is 0. The molecule has 4 rings (SSSR count). The lowest BCUT2D eigenvalue weighted by Crippen LogP contribution is -2.22. The number of sulfonamides is 1. The highest BCUT2D eigenvalue weighted by Gasteiger charge is 2.22. The van der Waals surface area contributed by atoms with E-state index in [0.717, 1.165) is 41.5 Å². The molecule has 0 saturated heterocycles. The summed E-state index contributed by atoms with van der Waals surface area (Å²) in [5.41, 5.74) is 1.80. The van der Waals surface area contributed by atoms with Gasteiger partial charge in [0.25, 0.3) is 5.56 Å². The van der Waals surface area contributed by atoms with Crippen molar-refractivity contribution in [3.8, 4) is 11.4 Å². The minimum atomic E-state index is -3.51. The first-order valence-corrected chi connectivity index (χ1v) is 13.7. The van der Waals surface area contributed by atoms with Crippen LogP contribution in [0.3, 0.4) is 0 Å². The van der Waals surface area contributed by atoms with Crippen molar-refractivity contribution < 1.29 is 13.2 Å². The number of aromatic nitrogens is 2. The zero-order valence-electron chi connectivity index (χ0n) is 17.3. The molecule has 0 spiro atoms. The van der Waals surface area contributed by atoms with Crippen molar-refractivity contribution in [2.75, 3.05) is 18.6 Å². The summed E-state index contributed by atoms with van der Waals surface area (Å²) < 4.78 is 29.4. The van der Waals surface area contributed by atoms with Gasteiger partial charge >= 0.3 is 0 Å². The number of hydrogen-bond acceptors (Lipinski definition) is 7. The van der Waals surface area contributed by atoms with Crippen molar-refractivity contribution in [2.24, 2.45) is 5.14 Å².